The molecule has 0 spiro atoms. The predicted molar refractivity (Wildman–Crippen MR) is 73.2 cm³/mol. The lowest BCUT2D eigenvalue weighted by Crippen LogP contribution is -2.21. The van der Waals surface area contributed by atoms with Gasteiger partial charge in [0.1, 0.15) is 0 Å². The van der Waals surface area contributed by atoms with Crippen molar-refractivity contribution >= 4 is 0 Å². The van der Waals surface area contributed by atoms with Crippen molar-refractivity contribution in [3.8, 4) is 0 Å². The molecule has 0 saturated carbocycles. The Bertz CT molecular complexity index is 465. The highest BCUT2D eigenvalue weighted by Crippen LogP contribution is 2.26. The zero-order valence-electron chi connectivity index (χ0n) is 10.7. The summed E-state index contributed by atoms with van der Waals surface area (Å²) in [5.41, 5.74) is 1.31. The van der Waals surface area contributed by atoms with E-state index in [0.717, 1.165) is 30.5 Å². The quantitative estimate of drug-likeness (QED) is 0.871. The van der Waals surface area contributed by atoms with Gasteiger partial charge in [-0.15, -0.1) is 0 Å². The van der Waals surface area contributed by atoms with Gasteiger partial charge in [-0.2, -0.15) is 0 Å². The highest BCUT2D eigenvalue weighted by atomic mass is 16.3. The molecule has 1 aromatic carbocycles. The van der Waals surface area contributed by atoms with E-state index in [1.165, 1.54) is 0 Å². The smallest absolute Gasteiger partial charge is 0.0868 e. The van der Waals surface area contributed by atoms with Crippen molar-refractivity contribution in [2.24, 2.45) is 0 Å². The largest absolute Gasteiger partial charge is 0.385 e. The van der Waals surface area contributed by atoms with Crippen LogP contribution in [0.25, 0.3) is 0 Å². The van der Waals surface area contributed by atoms with E-state index in [-0.39, 0.29) is 0 Å². The molecule has 0 aliphatic heterocycles. The van der Waals surface area contributed by atoms with Crippen LogP contribution in [0, 0.1) is 0 Å². The van der Waals surface area contributed by atoms with Crippen LogP contribution in [0.2, 0.25) is 0 Å². The van der Waals surface area contributed by atoms with Crippen LogP contribution in [0.4, 0.5) is 0 Å². The number of nitrogens with zero attached hydrogens (tertiary/aromatic N) is 1. The number of hydrogen-bond donors (Lipinski definition) is 1. The van der Waals surface area contributed by atoms with Crippen LogP contribution in [-0.4, -0.2) is 10.1 Å². The summed E-state index contributed by atoms with van der Waals surface area (Å²) in [5.74, 6) is 0. The monoisotopic (exact) mass is 241 g/mol. The van der Waals surface area contributed by atoms with Crippen LogP contribution in [0.1, 0.15) is 31.0 Å². The van der Waals surface area contributed by atoms with E-state index in [1.807, 2.05) is 61.7 Å². The Kier molecular flexibility index (Phi) is 4.11. The molecule has 0 amide bonds. The number of aryl methyl sites for hydroxylation is 1. The summed E-state index contributed by atoms with van der Waals surface area (Å²) in [6.45, 7) is 1.88. The first-order valence-corrected chi connectivity index (χ1v) is 6.36. The average Bonchev–Trinajstić information content (AvgIpc) is 2.41. The molecule has 1 N–H and O–H groups in total. The van der Waals surface area contributed by atoms with Gasteiger partial charge >= 0.3 is 0 Å². The number of aliphatic hydroxyl groups is 1. The fourth-order valence-electron chi connectivity index (χ4n) is 2.10. The van der Waals surface area contributed by atoms with Crippen molar-refractivity contribution in [2.75, 3.05) is 0 Å². The highest BCUT2D eigenvalue weighted by molar-refractivity contribution is 5.21. The van der Waals surface area contributed by atoms with E-state index >= 15 is 0 Å². The Labute approximate surface area is 108 Å². The molecule has 18 heavy (non-hydrogen) atoms. The minimum absolute atomic E-state index is 0.744. The normalized spacial score (nSPS) is 14.1. The zero-order valence-corrected chi connectivity index (χ0v) is 10.7. The summed E-state index contributed by atoms with van der Waals surface area (Å²) >= 11 is 0. The number of hydrogen-bond acceptors (Lipinski definition) is 2. The minimum atomic E-state index is -0.754. The fourth-order valence-corrected chi connectivity index (χ4v) is 2.10. The Morgan fingerprint density at radius 3 is 2.44 bits per heavy atom. The lowest BCUT2D eigenvalue weighted by atomic mass is 9.90. The molecule has 2 heteroatoms. The average molecular weight is 241 g/mol. The lowest BCUT2D eigenvalue weighted by molar-refractivity contribution is 0.0456. The Balaban J connectivity index is 1.90. The number of rotatable bonds is 5. The molecule has 1 heterocycles. The second-order valence-electron chi connectivity index (χ2n) is 4.81. The van der Waals surface area contributed by atoms with Gasteiger partial charge in [0.2, 0.25) is 0 Å². The van der Waals surface area contributed by atoms with Crippen LogP contribution < -0.4 is 0 Å². The van der Waals surface area contributed by atoms with E-state index in [4.69, 9.17) is 0 Å². The number of benzene rings is 1. The van der Waals surface area contributed by atoms with Crippen molar-refractivity contribution in [1.82, 2.24) is 4.98 Å². The third-order valence-electron chi connectivity index (χ3n) is 3.22. The second kappa shape index (κ2) is 5.78. The topological polar surface area (TPSA) is 33.1 Å². The van der Waals surface area contributed by atoms with Crippen molar-refractivity contribution in [1.29, 1.82) is 0 Å². The third kappa shape index (κ3) is 3.41. The summed E-state index contributed by atoms with van der Waals surface area (Å²) in [5, 5.41) is 10.4. The maximum Gasteiger partial charge on any atom is 0.0868 e. The molecule has 94 valence electrons. The van der Waals surface area contributed by atoms with Gasteiger partial charge in [-0.1, -0.05) is 36.4 Å². The maximum atomic E-state index is 10.4. The Morgan fingerprint density at radius 1 is 1.06 bits per heavy atom. The van der Waals surface area contributed by atoms with Crippen LogP contribution in [0.15, 0.2) is 54.7 Å². The van der Waals surface area contributed by atoms with E-state index in [1.54, 1.807) is 0 Å². The van der Waals surface area contributed by atoms with E-state index in [2.05, 4.69) is 4.98 Å². The van der Waals surface area contributed by atoms with Crippen molar-refractivity contribution in [3.05, 3.63) is 66.0 Å². The maximum absolute atomic E-state index is 10.4. The first kappa shape index (κ1) is 12.8. The number of aromatic nitrogens is 1. The summed E-state index contributed by atoms with van der Waals surface area (Å²) in [6, 6.07) is 15.8. The molecule has 0 saturated heterocycles. The molecule has 2 rings (SSSR count). The first-order chi connectivity index (χ1) is 8.68. The van der Waals surface area contributed by atoms with Gasteiger partial charge in [-0.25, -0.2) is 0 Å². The van der Waals surface area contributed by atoms with Gasteiger partial charge in [0.25, 0.3) is 0 Å². The SMILES string of the molecule is CC(O)(CCCc1ccccn1)c1ccccc1. The Hall–Kier alpha value is -1.67. The molecule has 2 aromatic rings. The summed E-state index contributed by atoms with van der Waals surface area (Å²) in [6.07, 6.45) is 4.39. The van der Waals surface area contributed by atoms with Crippen LogP contribution in [0.5, 0.6) is 0 Å². The number of pyridine rings is 1. The first-order valence-electron chi connectivity index (χ1n) is 6.36. The summed E-state index contributed by atoms with van der Waals surface area (Å²) in [4.78, 5) is 4.29. The molecular formula is C16H19NO. The molecule has 2 nitrogen and oxygen atoms in total. The van der Waals surface area contributed by atoms with Crippen LogP contribution in [-0.2, 0) is 12.0 Å². The van der Waals surface area contributed by atoms with Crippen molar-refractivity contribution < 1.29 is 5.11 Å². The molecule has 0 aliphatic rings. The van der Waals surface area contributed by atoms with E-state index in [9.17, 15) is 5.11 Å². The van der Waals surface area contributed by atoms with Gasteiger partial charge in [0.15, 0.2) is 0 Å². The van der Waals surface area contributed by atoms with Gasteiger partial charge in [-0.05, 0) is 43.9 Å². The molecule has 0 fully saturated rings. The van der Waals surface area contributed by atoms with Gasteiger partial charge < -0.3 is 5.11 Å². The molecule has 0 radical (unpaired) electrons. The van der Waals surface area contributed by atoms with Gasteiger partial charge in [0, 0.05) is 11.9 Å². The molecular weight excluding hydrogens is 222 g/mol. The molecule has 1 aromatic heterocycles. The molecule has 0 bridgehead atoms. The van der Waals surface area contributed by atoms with Gasteiger partial charge in [0.05, 0.1) is 5.60 Å². The molecule has 0 aliphatic carbocycles. The van der Waals surface area contributed by atoms with Crippen LogP contribution >= 0.6 is 0 Å². The standard InChI is InChI=1S/C16H19NO/c1-16(18,14-8-3-2-4-9-14)12-7-11-15-10-5-6-13-17-15/h2-6,8-10,13,18H,7,11-12H2,1H3. The van der Waals surface area contributed by atoms with Crippen molar-refractivity contribution in [2.45, 2.75) is 31.8 Å². The second-order valence-corrected chi connectivity index (χ2v) is 4.81. The Morgan fingerprint density at radius 2 is 1.78 bits per heavy atom. The summed E-state index contributed by atoms with van der Waals surface area (Å²) < 4.78 is 0. The highest BCUT2D eigenvalue weighted by Gasteiger charge is 2.21. The fraction of sp³-hybridized carbons (Fsp3) is 0.312. The van der Waals surface area contributed by atoms with Crippen LogP contribution in [0.3, 0.4) is 0 Å². The van der Waals surface area contributed by atoms with E-state index < -0.39 is 5.60 Å². The van der Waals surface area contributed by atoms with Gasteiger partial charge in [-0.3, -0.25) is 4.98 Å². The minimum Gasteiger partial charge on any atom is -0.385 e. The van der Waals surface area contributed by atoms with E-state index in [0.29, 0.717) is 0 Å². The molecule has 1 unspecified atom stereocenters. The predicted octanol–water partition coefficient (Wildman–Crippen LogP) is 3.31. The summed E-state index contributed by atoms with van der Waals surface area (Å²) in [7, 11) is 0. The zero-order chi connectivity index (χ0) is 12.8. The lowest BCUT2D eigenvalue weighted by Gasteiger charge is -2.23. The van der Waals surface area contributed by atoms with Crippen molar-refractivity contribution in [3.63, 3.8) is 0 Å². The molecule has 1 atom stereocenters. The third-order valence-corrected chi connectivity index (χ3v) is 3.22.